The average Bonchev–Trinajstić information content (AvgIpc) is 3.34. The highest BCUT2D eigenvalue weighted by Gasteiger charge is 2.62. The van der Waals surface area contributed by atoms with Crippen LogP contribution in [0, 0.1) is 46.3 Å². The molecule has 0 aromatic heterocycles. The minimum Gasteiger partial charge on any atom is -0.466 e. The third kappa shape index (κ3) is 6.87. The first-order valence-corrected chi connectivity index (χ1v) is 17.8. The molecule has 0 radical (unpaired) electrons. The number of allylic oxidation sites excluding steroid dienone is 2. The van der Waals surface area contributed by atoms with Crippen LogP contribution >= 0.6 is 0 Å². The number of hydrogen-bond donors (Lipinski definition) is 4. The molecule has 9 heteroatoms. The highest BCUT2D eigenvalue weighted by molar-refractivity contribution is 5.73. The van der Waals surface area contributed by atoms with Crippen molar-refractivity contribution >= 4 is 11.9 Å². The van der Waals surface area contributed by atoms with Gasteiger partial charge in [0, 0.05) is 13.8 Å². The fourth-order valence-corrected chi connectivity index (χ4v) is 10.6. The molecule has 14 atom stereocenters. The summed E-state index contributed by atoms with van der Waals surface area (Å²) in [6.45, 7) is 17.1. The lowest BCUT2D eigenvalue weighted by molar-refractivity contribution is -0.333. The Morgan fingerprint density at radius 3 is 2.50 bits per heavy atom. The summed E-state index contributed by atoms with van der Waals surface area (Å²) in [7, 11) is 0. The number of nitrogens with one attached hydrogen (secondary N) is 1. The fraction of sp³-hybridized carbons (Fsp3) is 0.838. The summed E-state index contributed by atoms with van der Waals surface area (Å²) in [4.78, 5) is 23.4. The Kier molecular flexibility index (Phi) is 10.8. The van der Waals surface area contributed by atoms with Crippen molar-refractivity contribution in [3.8, 4) is 0 Å². The van der Waals surface area contributed by atoms with E-state index in [1.807, 2.05) is 0 Å². The summed E-state index contributed by atoms with van der Waals surface area (Å²) in [5.74, 6) is 2.09. The molecule has 0 aromatic carbocycles. The first kappa shape index (κ1) is 35.5. The normalized spacial score (nSPS) is 43.4. The Bertz CT molecular complexity index is 1170. The van der Waals surface area contributed by atoms with E-state index in [0.29, 0.717) is 42.6 Å². The van der Waals surface area contributed by atoms with Crippen molar-refractivity contribution in [1.82, 2.24) is 5.32 Å². The highest BCUT2D eigenvalue weighted by atomic mass is 16.7. The largest absolute Gasteiger partial charge is 0.466 e. The zero-order chi connectivity index (χ0) is 33.6. The first-order chi connectivity index (χ1) is 21.7. The summed E-state index contributed by atoms with van der Waals surface area (Å²) in [6.07, 6.45) is 7.09. The van der Waals surface area contributed by atoms with Crippen molar-refractivity contribution in [3.63, 3.8) is 0 Å². The van der Waals surface area contributed by atoms with Crippen LogP contribution in [0.3, 0.4) is 0 Å². The van der Waals surface area contributed by atoms with Crippen LogP contribution in [-0.4, -0.2) is 70.7 Å². The Morgan fingerprint density at radius 2 is 1.80 bits per heavy atom. The number of carbonyl (C=O) groups excluding carboxylic acids is 2. The van der Waals surface area contributed by atoms with Crippen LogP contribution in [0.4, 0.5) is 0 Å². The van der Waals surface area contributed by atoms with Gasteiger partial charge in [-0.25, -0.2) is 0 Å². The second kappa shape index (κ2) is 14.0. The number of hydrogen-bond acceptors (Lipinski definition) is 8. The standard InChI is InChI=1S/C37H59NO8/c1-20-13-15-36(6)25(17-20)18-29(45-35-31(38-23(4)39)32(41)33(42)34(43)46-35)30-27-12-11-26(37(27,7)16-14-28(30)36)22(3)10-8-9-21(2)19-44-24(5)40/h17,21-22,26-35,41-43H,1,8-16,18-19H2,2-7H3,(H,38,39)/t21-,22-,26-,27?,28?,29?,30?,31-,32+,33-,34+,35-,36+,37-/m1/s1. The van der Waals surface area contributed by atoms with E-state index in [-0.39, 0.29) is 34.7 Å². The molecule has 46 heavy (non-hydrogen) atoms. The average molecular weight is 646 g/mol. The number of aliphatic hydroxyl groups is 3. The Morgan fingerprint density at radius 1 is 1.07 bits per heavy atom. The van der Waals surface area contributed by atoms with Gasteiger partial charge in [0.2, 0.25) is 5.91 Å². The van der Waals surface area contributed by atoms with Crippen LogP contribution in [0.15, 0.2) is 23.8 Å². The minimum absolute atomic E-state index is 0.0640. The lowest BCUT2D eigenvalue weighted by Crippen LogP contribution is -2.65. The van der Waals surface area contributed by atoms with Gasteiger partial charge in [-0.2, -0.15) is 0 Å². The maximum absolute atomic E-state index is 12.1. The Labute approximate surface area is 275 Å². The van der Waals surface area contributed by atoms with Crippen molar-refractivity contribution < 1.29 is 39.1 Å². The Hall–Kier alpha value is -1.78. The van der Waals surface area contributed by atoms with Gasteiger partial charge in [-0.1, -0.05) is 64.3 Å². The predicted molar refractivity (Wildman–Crippen MR) is 174 cm³/mol. The van der Waals surface area contributed by atoms with Crippen molar-refractivity contribution in [1.29, 1.82) is 0 Å². The molecule has 4 fully saturated rings. The van der Waals surface area contributed by atoms with Gasteiger partial charge in [0.15, 0.2) is 12.6 Å². The fourth-order valence-electron chi connectivity index (χ4n) is 10.6. The molecule has 0 aromatic rings. The monoisotopic (exact) mass is 645 g/mol. The van der Waals surface area contributed by atoms with Gasteiger partial charge < -0.3 is 34.8 Å². The molecule has 4 aliphatic carbocycles. The Balaban J connectivity index is 1.38. The number of fused-ring (bicyclic) bond motifs is 5. The number of ether oxygens (including phenoxy) is 3. The molecule has 1 amide bonds. The topological polar surface area (TPSA) is 135 Å². The summed E-state index contributed by atoms with van der Waals surface area (Å²) in [5, 5.41) is 34.4. The number of carbonyl (C=O) groups is 2. The van der Waals surface area contributed by atoms with E-state index in [1.165, 1.54) is 32.3 Å². The molecule has 5 rings (SSSR count). The predicted octanol–water partition coefficient (Wildman–Crippen LogP) is 5.02. The van der Waals surface area contributed by atoms with Crippen LogP contribution in [-0.2, 0) is 23.8 Å². The SMILES string of the molecule is C=C1C=C2CC(O[C@@H]3O[C@H](O)[C@H](O)[C@@H](O)[C@H]3NC(C)=O)C3C(CC[C@@]4(C)C3CC[C@@H]4[C@H](C)CCC[C@@H](C)COC(C)=O)[C@@]2(C)CC1. The van der Waals surface area contributed by atoms with E-state index in [0.717, 1.165) is 50.5 Å². The number of aliphatic hydroxyl groups excluding tert-OH is 3. The molecule has 1 saturated heterocycles. The molecule has 1 aliphatic heterocycles. The van der Waals surface area contributed by atoms with E-state index < -0.39 is 30.8 Å². The van der Waals surface area contributed by atoms with Crippen LogP contribution in [0.5, 0.6) is 0 Å². The van der Waals surface area contributed by atoms with Crippen LogP contribution < -0.4 is 5.32 Å². The van der Waals surface area contributed by atoms with Gasteiger partial charge in [-0.15, -0.1) is 0 Å². The molecule has 260 valence electrons. The molecule has 4 unspecified atom stereocenters. The molecule has 9 nitrogen and oxygen atoms in total. The van der Waals surface area contributed by atoms with Crippen LogP contribution in [0.25, 0.3) is 0 Å². The highest BCUT2D eigenvalue weighted by Crippen LogP contribution is 2.68. The van der Waals surface area contributed by atoms with Crippen LogP contribution in [0.1, 0.15) is 106 Å². The second-order valence-electron chi connectivity index (χ2n) is 16.1. The smallest absolute Gasteiger partial charge is 0.302 e. The van der Waals surface area contributed by atoms with Gasteiger partial charge in [-0.3, -0.25) is 9.59 Å². The molecule has 0 bridgehead atoms. The molecule has 1 heterocycles. The number of rotatable bonds is 10. The third-order valence-corrected chi connectivity index (χ3v) is 13.0. The zero-order valence-corrected chi connectivity index (χ0v) is 28.9. The molecule has 5 aliphatic rings. The van der Waals surface area contributed by atoms with Crippen molar-refractivity contribution in [3.05, 3.63) is 23.8 Å². The van der Waals surface area contributed by atoms with Crippen LogP contribution in [0.2, 0.25) is 0 Å². The first-order valence-electron chi connectivity index (χ1n) is 17.8. The van der Waals surface area contributed by atoms with Gasteiger partial charge >= 0.3 is 5.97 Å². The number of amides is 1. The van der Waals surface area contributed by atoms with Gasteiger partial charge in [-0.05, 0) is 97.7 Å². The molecular formula is C37H59NO8. The second-order valence-corrected chi connectivity index (χ2v) is 16.1. The number of esters is 1. The molecular weight excluding hydrogens is 586 g/mol. The minimum atomic E-state index is -1.62. The van der Waals surface area contributed by atoms with Gasteiger partial charge in [0.05, 0.1) is 12.7 Å². The van der Waals surface area contributed by atoms with E-state index in [4.69, 9.17) is 14.2 Å². The van der Waals surface area contributed by atoms with E-state index in [1.54, 1.807) is 0 Å². The zero-order valence-electron chi connectivity index (χ0n) is 28.9. The van der Waals surface area contributed by atoms with E-state index in [2.05, 4.69) is 45.7 Å². The van der Waals surface area contributed by atoms with E-state index >= 15 is 0 Å². The summed E-state index contributed by atoms with van der Waals surface area (Å²) >= 11 is 0. The van der Waals surface area contributed by atoms with Crippen molar-refractivity contribution in [2.45, 2.75) is 143 Å². The lowest BCUT2D eigenvalue weighted by atomic mass is 9.45. The van der Waals surface area contributed by atoms with Gasteiger partial charge in [0.25, 0.3) is 0 Å². The molecule has 3 saturated carbocycles. The van der Waals surface area contributed by atoms with Crippen molar-refractivity contribution in [2.24, 2.45) is 46.3 Å². The summed E-state index contributed by atoms with van der Waals surface area (Å²) < 4.78 is 17.8. The summed E-state index contributed by atoms with van der Waals surface area (Å²) in [5.41, 5.74) is 2.73. The maximum Gasteiger partial charge on any atom is 0.302 e. The molecule has 0 spiro atoms. The van der Waals surface area contributed by atoms with Gasteiger partial charge in [0.1, 0.15) is 18.2 Å². The molecule has 4 N–H and O–H groups in total. The summed E-state index contributed by atoms with van der Waals surface area (Å²) in [6, 6.07) is -1.01. The van der Waals surface area contributed by atoms with E-state index in [9.17, 15) is 24.9 Å². The van der Waals surface area contributed by atoms with Crippen molar-refractivity contribution in [2.75, 3.05) is 6.61 Å². The quantitative estimate of drug-likeness (QED) is 0.243. The third-order valence-electron chi connectivity index (χ3n) is 13.0. The maximum atomic E-state index is 12.1. The lowest BCUT2D eigenvalue weighted by Gasteiger charge is -2.61.